The standard InChI is InChI=1S/C21H33NO5/c1-4-18(24)19-9-7-8-17(23)13-15(2)12-16(3)14-20(25)22-11-6-5-10-21(26)27-19/h4,7-8,16-19,23-24H,1-2,5-6,9-14H2,3H3,(H,22,25)/b8-7+/t16-,17+,18-,19-/m0/s1. The maximum atomic E-state index is 12.0. The number of carbonyl (C=O) groups excluding carboxylic acids is 2. The van der Waals surface area contributed by atoms with Gasteiger partial charge in [-0.3, -0.25) is 9.59 Å². The van der Waals surface area contributed by atoms with Crippen LogP contribution in [-0.4, -0.2) is 46.9 Å². The van der Waals surface area contributed by atoms with E-state index in [0.717, 1.165) is 5.57 Å². The molecule has 152 valence electrons. The van der Waals surface area contributed by atoms with Crippen LogP contribution in [0.4, 0.5) is 0 Å². The molecule has 0 aromatic heterocycles. The van der Waals surface area contributed by atoms with Crippen molar-refractivity contribution in [2.45, 2.75) is 70.2 Å². The van der Waals surface area contributed by atoms with E-state index in [9.17, 15) is 19.8 Å². The molecule has 3 N–H and O–H groups in total. The van der Waals surface area contributed by atoms with Crippen molar-refractivity contribution in [3.63, 3.8) is 0 Å². The van der Waals surface area contributed by atoms with Gasteiger partial charge in [0.05, 0.1) is 6.10 Å². The first-order valence-electron chi connectivity index (χ1n) is 9.60. The molecule has 0 aliphatic carbocycles. The van der Waals surface area contributed by atoms with Crippen LogP contribution in [0.2, 0.25) is 0 Å². The summed E-state index contributed by atoms with van der Waals surface area (Å²) in [6.07, 6.45) is 5.48. The average Bonchev–Trinajstić information content (AvgIpc) is 2.58. The Bertz CT molecular complexity index is 543. The van der Waals surface area contributed by atoms with E-state index in [1.54, 1.807) is 12.2 Å². The summed E-state index contributed by atoms with van der Waals surface area (Å²) in [7, 11) is 0. The summed E-state index contributed by atoms with van der Waals surface area (Å²) in [5.74, 6) is -0.271. The SMILES string of the molecule is C=C[C@H](O)[C@@H]1C/C=C/[C@@H](O)CC(=C)C[C@H](C)CC(=O)NCCCCC(=O)O1. The monoisotopic (exact) mass is 379 g/mol. The third kappa shape index (κ3) is 10.1. The van der Waals surface area contributed by atoms with Crippen molar-refractivity contribution in [3.8, 4) is 0 Å². The summed E-state index contributed by atoms with van der Waals surface area (Å²) in [6.45, 7) is 10.0. The van der Waals surface area contributed by atoms with Crippen molar-refractivity contribution < 1.29 is 24.5 Å². The van der Waals surface area contributed by atoms with Crippen molar-refractivity contribution in [1.82, 2.24) is 5.32 Å². The van der Waals surface area contributed by atoms with Crippen LogP contribution in [0, 0.1) is 5.92 Å². The molecular formula is C21H33NO5. The van der Waals surface area contributed by atoms with Crippen molar-refractivity contribution in [3.05, 3.63) is 37.0 Å². The third-order valence-electron chi connectivity index (χ3n) is 4.43. The number of esters is 1. The van der Waals surface area contributed by atoms with E-state index in [4.69, 9.17) is 4.74 Å². The average molecular weight is 379 g/mol. The van der Waals surface area contributed by atoms with Gasteiger partial charge in [0.2, 0.25) is 5.91 Å². The van der Waals surface area contributed by atoms with Crippen LogP contribution >= 0.6 is 0 Å². The summed E-state index contributed by atoms with van der Waals surface area (Å²) in [5, 5.41) is 23.0. The van der Waals surface area contributed by atoms with Crippen LogP contribution < -0.4 is 5.32 Å². The molecule has 0 spiro atoms. The Morgan fingerprint density at radius 2 is 2.04 bits per heavy atom. The van der Waals surface area contributed by atoms with Crippen LogP contribution in [-0.2, 0) is 14.3 Å². The highest BCUT2D eigenvalue weighted by Crippen LogP contribution is 2.18. The van der Waals surface area contributed by atoms with Gasteiger partial charge in [-0.25, -0.2) is 0 Å². The van der Waals surface area contributed by atoms with Gasteiger partial charge in [-0.2, -0.15) is 0 Å². The number of rotatable bonds is 2. The molecule has 1 rings (SSSR count). The normalized spacial score (nSPS) is 29.6. The lowest BCUT2D eigenvalue weighted by molar-refractivity contribution is -0.153. The van der Waals surface area contributed by atoms with E-state index in [1.165, 1.54) is 6.08 Å². The highest BCUT2D eigenvalue weighted by Gasteiger charge is 2.20. The topological polar surface area (TPSA) is 95.9 Å². The first-order valence-corrected chi connectivity index (χ1v) is 9.60. The zero-order chi connectivity index (χ0) is 20.2. The van der Waals surface area contributed by atoms with Gasteiger partial charge in [0.15, 0.2) is 0 Å². The lowest BCUT2D eigenvalue weighted by Crippen LogP contribution is -2.29. The van der Waals surface area contributed by atoms with E-state index in [2.05, 4.69) is 18.5 Å². The fourth-order valence-corrected chi connectivity index (χ4v) is 3.03. The van der Waals surface area contributed by atoms with E-state index in [1.807, 2.05) is 6.92 Å². The summed E-state index contributed by atoms with van der Waals surface area (Å²) in [6, 6.07) is 0. The molecule has 0 saturated heterocycles. The number of carbonyl (C=O) groups is 2. The summed E-state index contributed by atoms with van der Waals surface area (Å²) in [4.78, 5) is 23.9. The Morgan fingerprint density at radius 1 is 1.30 bits per heavy atom. The van der Waals surface area contributed by atoms with E-state index in [-0.39, 0.29) is 24.7 Å². The van der Waals surface area contributed by atoms with Crippen molar-refractivity contribution in [2.24, 2.45) is 5.92 Å². The number of amides is 1. The van der Waals surface area contributed by atoms with E-state index in [0.29, 0.717) is 38.6 Å². The second-order valence-corrected chi connectivity index (χ2v) is 7.26. The van der Waals surface area contributed by atoms with Gasteiger partial charge in [0.25, 0.3) is 0 Å². The Hall–Kier alpha value is -1.92. The molecule has 1 aliphatic rings. The second kappa shape index (κ2) is 12.5. The Labute approximate surface area is 162 Å². The number of ether oxygens (including phenoxy) is 1. The van der Waals surface area contributed by atoms with Crippen LogP contribution in [0.1, 0.15) is 51.9 Å². The Balaban J connectivity index is 2.77. The predicted molar refractivity (Wildman–Crippen MR) is 105 cm³/mol. The fourth-order valence-electron chi connectivity index (χ4n) is 3.03. The summed E-state index contributed by atoms with van der Waals surface area (Å²) in [5.41, 5.74) is 0.877. The number of aliphatic hydroxyl groups is 2. The molecule has 1 heterocycles. The number of hydrogen-bond acceptors (Lipinski definition) is 5. The third-order valence-corrected chi connectivity index (χ3v) is 4.43. The molecule has 0 unspecified atom stereocenters. The molecular weight excluding hydrogens is 346 g/mol. The minimum Gasteiger partial charge on any atom is -0.459 e. The van der Waals surface area contributed by atoms with Gasteiger partial charge < -0.3 is 20.3 Å². The number of aliphatic hydroxyl groups excluding tert-OH is 2. The lowest BCUT2D eigenvalue weighted by atomic mass is 9.95. The van der Waals surface area contributed by atoms with Gasteiger partial charge in [-0.15, -0.1) is 6.58 Å². The molecule has 6 nitrogen and oxygen atoms in total. The molecule has 0 saturated carbocycles. The largest absolute Gasteiger partial charge is 0.459 e. The molecule has 4 atom stereocenters. The minimum absolute atomic E-state index is 0.0198. The van der Waals surface area contributed by atoms with Gasteiger partial charge in [-0.05, 0) is 31.6 Å². The number of nitrogens with one attached hydrogen (secondary N) is 1. The first-order chi connectivity index (χ1) is 12.8. The van der Waals surface area contributed by atoms with Gasteiger partial charge in [0.1, 0.15) is 12.2 Å². The van der Waals surface area contributed by atoms with E-state index >= 15 is 0 Å². The van der Waals surface area contributed by atoms with Crippen LogP contribution in [0.3, 0.4) is 0 Å². The van der Waals surface area contributed by atoms with Gasteiger partial charge >= 0.3 is 5.97 Å². The van der Waals surface area contributed by atoms with Crippen molar-refractivity contribution >= 4 is 11.9 Å². The summed E-state index contributed by atoms with van der Waals surface area (Å²) < 4.78 is 5.34. The molecule has 0 bridgehead atoms. The van der Waals surface area contributed by atoms with E-state index < -0.39 is 24.3 Å². The maximum absolute atomic E-state index is 12.0. The smallest absolute Gasteiger partial charge is 0.306 e. The summed E-state index contributed by atoms with van der Waals surface area (Å²) >= 11 is 0. The van der Waals surface area contributed by atoms with Crippen LogP contribution in [0.25, 0.3) is 0 Å². The molecule has 27 heavy (non-hydrogen) atoms. The minimum atomic E-state index is -0.976. The molecule has 6 heteroatoms. The molecule has 0 aromatic rings. The highest BCUT2D eigenvalue weighted by atomic mass is 16.6. The maximum Gasteiger partial charge on any atom is 0.306 e. The van der Waals surface area contributed by atoms with Gasteiger partial charge in [0, 0.05) is 25.8 Å². The molecule has 0 radical (unpaired) electrons. The van der Waals surface area contributed by atoms with Gasteiger partial charge in [-0.1, -0.05) is 37.3 Å². The molecule has 0 aromatic carbocycles. The van der Waals surface area contributed by atoms with Crippen molar-refractivity contribution in [2.75, 3.05) is 6.54 Å². The second-order valence-electron chi connectivity index (χ2n) is 7.26. The van der Waals surface area contributed by atoms with Crippen LogP contribution in [0.5, 0.6) is 0 Å². The Morgan fingerprint density at radius 3 is 2.74 bits per heavy atom. The molecule has 0 fully saturated rings. The Kier molecular flexibility index (Phi) is 10.7. The van der Waals surface area contributed by atoms with Crippen LogP contribution in [0.15, 0.2) is 37.0 Å². The van der Waals surface area contributed by atoms with Crippen molar-refractivity contribution in [1.29, 1.82) is 0 Å². The number of cyclic esters (lactones) is 1. The zero-order valence-corrected chi connectivity index (χ0v) is 16.2. The lowest BCUT2D eigenvalue weighted by Gasteiger charge is -2.20. The first kappa shape index (κ1) is 23.1. The predicted octanol–water partition coefficient (Wildman–Crippen LogP) is 2.42. The highest BCUT2D eigenvalue weighted by molar-refractivity contribution is 5.76. The fraction of sp³-hybridized carbons (Fsp3) is 0.619. The number of hydrogen-bond donors (Lipinski definition) is 3. The quantitative estimate of drug-likeness (QED) is 0.506. The molecule has 1 aliphatic heterocycles. The zero-order valence-electron chi connectivity index (χ0n) is 16.2. The molecule has 1 amide bonds.